The number of benzene rings is 2. The van der Waals surface area contributed by atoms with E-state index in [0.29, 0.717) is 17.7 Å². The van der Waals surface area contributed by atoms with Crippen LogP contribution in [0.4, 0.5) is 0 Å². The summed E-state index contributed by atoms with van der Waals surface area (Å²) in [5.41, 5.74) is 4.44. The summed E-state index contributed by atoms with van der Waals surface area (Å²) in [7, 11) is 0. The lowest BCUT2D eigenvalue weighted by molar-refractivity contribution is 0.0952. The fourth-order valence-electron chi connectivity index (χ4n) is 2.99. The van der Waals surface area contributed by atoms with Crippen molar-refractivity contribution in [3.8, 4) is 17.3 Å². The number of carbonyl (C=O) groups is 1. The van der Waals surface area contributed by atoms with E-state index in [-0.39, 0.29) is 18.3 Å². The van der Waals surface area contributed by atoms with E-state index < -0.39 is 0 Å². The largest absolute Gasteiger partial charge is 0.281 e. The first-order chi connectivity index (χ1) is 13.7. The van der Waals surface area contributed by atoms with Gasteiger partial charge in [-0.2, -0.15) is 5.26 Å². The Labute approximate surface area is 174 Å². The predicted octanol–water partition coefficient (Wildman–Crippen LogP) is 4.52. The smallest absolute Gasteiger partial charge is 0.268 e. The highest BCUT2D eigenvalue weighted by Crippen LogP contribution is 2.18. The van der Waals surface area contributed by atoms with E-state index in [2.05, 4.69) is 16.0 Å². The molecule has 0 saturated heterocycles. The molecule has 4 aromatic rings. The molecule has 29 heavy (non-hydrogen) atoms. The van der Waals surface area contributed by atoms with Gasteiger partial charge in [-0.1, -0.05) is 48.5 Å². The molecule has 0 N–H and O–H groups in total. The average Bonchev–Trinajstić information content (AvgIpc) is 3.22. The number of rotatable bonds is 4. The lowest BCUT2D eigenvalue weighted by atomic mass is 10.1. The maximum absolute atomic E-state index is 13.0. The van der Waals surface area contributed by atoms with Gasteiger partial charge in [0, 0.05) is 23.9 Å². The lowest BCUT2D eigenvalue weighted by Gasteiger charge is -2.08. The Morgan fingerprint density at radius 1 is 0.966 bits per heavy atom. The second-order valence-corrected chi connectivity index (χ2v) is 6.32. The van der Waals surface area contributed by atoms with Gasteiger partial charge in [-0.25, -0.2) is 9.97 Å². The Kier molecular flexibility index (Phi) is 6.18. The molecule has 0 fully saturated rings. The molecule has 2 aromatic carbocycles. The highest BCUT2D eigenvalue weighted by molar-refractivity contribution is 5.95. The summed E-state index contributed by atoms with van der Waals surface area (Å²) in [5, 5.41) is 8.92. The van der Waals surface area contributed by atoms with E-state index in [1.165, 1.54) is 10.9 Å². The minimum atomic E-state index is -0.223. The van der Waals surface area contributed by atoms with Crippen molar-refractivity contribution in [3.05, 3.63) is 108 Å². The fraction of sp³-hybridized carbons (Fsp3) is 0.0435. The quantitative estimate of drug-likeness (QED) is 0.505. The van der Waals surface area contributed by atoms with Gasteiger partial charge < -0.3 is 0 Å². The number of pyridine rings is 1. The first kappa shape index (κ1) is 20.0. The summed E-state index contributed by atoms with van der Waals surface area (Å²) in [6.07, 6.45) is 3.73. The van der Waals surface area contributed by atoms with Gasteiger partial charge in [0.1, 0.15) is 12.0 Å². The number of hydrogen-bond acceptors (Lipinski definition) is 4. The first-order valence-electron chi connectivity index (χ1n) is 8.82. The van der Waals surface area contributed by atoms with Crippen molar-refractivity contribution in [1.29, 1.82) is 5.26 Å². The second kappa shape index (κ2) is 8.96. The summed E-state index contributed by atoms with van der Waals surface area (Å²) >= 11 is 0. The zero-order chi connectivity index (χ0) is 19.3. The van der Waals surface area contributed by atoms with Crippen LogP contribution in [0.25, 0.3) is 11.3 Å². The first-order valence-corrected chi connectivity index (χ1v) is 8.82. The Morgan fingerprint density at radius 3 is 2.45 bits per heavy atom. The van der Waals surface area contributed by atoms with Gasteiger partial charge in [0.15, 0.2) is 0 Å². The molecule has 0 unspecified atom stereocenters. The van der Waals surface area contributed by atoms with Crippen molar-refractivity contribution in [2.45, 2.75) is 6.42 Å². The average molecular weight is 401 g/mol. The van der Waals surface area contributed by atoms with Crippen LogP contribution >= 0.6 is 12.4 Å². The molecule has 6 heteroatoms. The van der Waals surface area contributed by atoms with Crippen molar-refractivity contribution in [2.24, 2.45) is 0 Å². The molecule has 4 rings (SSSR count). The maximum Gasteiger partial charge on any atom is 0.281 e. The van der Waals surface area contributed by atoms with Crippen molar-refractivity contribution in [1.82, 2.24) is 14.5 Å². The second-order valence-electron chi connectivity index (χ2n) is 6.32. The minimum Gasteiger partial charge on any atom is -0.268 e. The molecule has 0 radical (unpaired) electrons. The highest BCUT2D eigenvalue weighted by Gasteiger charge is 2.15. The Hall–Kier alpha value is -3.75. The number of imidazole rings is 1. The van der Waals surface area contributed by atoms with Gasteiger partial charge in [0.05, 0.1) is 17.3 Å². The summed E-state index contributed by atoms with van der Waals surface area (Å²) in [6.45, 7) is 0. The van der Waals surface area contributed by atoms with Gasteiger partial charge in [-0.3, -0.25) is 9.36 Å². The molecule has 2 heterocycles. The number of aromatic nitrogens is 3. The van der Waals surface area contributed by atoms with Gasteiger partial charge in [-0.05, 0) is 29.8 Å². The van der Waals surface area contributed by atoms with E-state index in [9.17, 15) is 4.79 Å². The van der Waals surface area contributed by atoms with Crippen LogP contribution in [0.2, 0.25) is 0 Å². The third-order valence-corrected chi connectivity index (χ3v) is 4.44. The topological polar surface area (TPSA) is 71.6 Å². The minimum absolute atomic E-state index is 0. The molecule has 0 aliphatic rings. The molecule has 0 bridgehead atoms. The molecule has 142 valence electrons. The van der Waals surface area contributed by atoms with Crippen LogP contribution in [-0.2, 0) is 6.42 Å². The fourth-order valence-corrected chi connectivity index (χ4v) is 2.99. The van der Waals surface area contributed by atoms with E-state index in [1.54, 1.807) is 24.4 Å². The highest BCUT2D eigenvalue weighted by atomic mass is 35.5. The van der Waals surface area contributed by atoms with E-state index >= 15 is 0 Å². The van der Waals surface area contributed by atoms with E-state index in [0.717, 1.165) is 22.5 Å². The SMILES string of the molecule is Cl.N#Cc1ccc(Cc2cncn2C(=O)c2cccc(-c3ccccc3)n2)cc1. The van der Waals surface area contributed by atoms with Crippen LogP contribution in [0.1, 0.15) is 27.3 Å². The summed E-state index contributed by atoms with van der Waals surface area (Å²) in [5.74, 6) is -0.223. The molecule has 0 amide bonds. The zero-order valence-electron chi connectivity index (χ0n) is 15.4. The third-order valence-electron chi connectivity index (χ3n) is 4.44. The van der Waals surface area contributed by atoms with Crippen molar-refractivity contribution >= 4 is 18.3 Å². The van der Waals surface area contributed by atoms with Crippen LogP contribution in [0.15, 0.2) is 85.3 Å². The van der Waals surface area contributed by atoms with Crippen LogP contribution < -0.4 is 0 Å². The van der Waals surface area contributed by atoms with Crippen LogP contribution in [0.5, 0.6) is 0 Å². The van der Waals surface area contributed by atoms with E-state index in [1.807, 2.05) is 54.6 Å². The third kappa shape index (κ3) is 4.40. The molecule has 0 aliphatic heterocycles. The molecule has 0 atom stereocenters. The number of nitriles is 1. The number of hydrogen-bond donors (Lipinski definition) is 0. The lowest BCUT2D eigenvalue weighted by Crippen LogP contribution is -2.16. The van der Waals surface area contributed by atoms with E-state index in [4.69, 9.17) is 5.26 Å². The van der Waals surface area contributed by atoms with Crippen molar-refractivity contribution < 1.29 is 4.79 Å². The molecule has 0 aliphatic carbocycles. The monoisotopic (exact) mass is 400 g/mol. The molecule has 5 nitrogen and oxygen atoms in total. The Bertz CT molecular complexity index is 1160. The van der Waals surface area contributed by atoms with Crippen molar-refractivity contribution in [3.63, 3.8) is 0 Å². The normalized spacial score (nSPS) is 10.0. The summed E-state index contributed by atoms with van der Waals surface area (Å²) < 4.78 is 1.52. The van der Waals surface area contributed by atoms with Crippen molar-refractivity contribution in [2.75, 3.05) is 0 Å². The summed E-state index contributed by atoms with van der Waals surface area (Å²) in [6, 6.07) is 24.6. The Morgan fingerprint density at radius 2 is 1.72 bits per heavy atom. The molecular formula is C23H17ClN4O. The van der Waals surface area contributed by atoms with Crippen LogP contribution in [0.3, 0.4) is 0 Å². The summed E-state index contributed by atoms with van der Waals surface area (Å²) in [4.78, 5) is 21.7. The van der Waals surface area contributed by atoms with Crippen LogP contribution in [-0.4, -0.2) is 20.4 Å². The Balaban J connectivity index is 0.00000240. The number of halogens is 1. The molecular weight excluding hydrogens is 384 g/mol. The molecule has 2 aromatic heterocycles. The van der Waals surface area contributed by atoms with Gasteiger partial charge in [0.2, 0.25) is 0 Å². The standard InChI is InChI=1S/C23H16N4O.ClH/c24-14-18-11-9-17(10-12-18)13-20-15-25-16-27(20)23(28)22-8-4-7-21(26-22)19-5-2-1-3-6-19;/h1-12,15-16H,13H2;1H. The van der Waals surface area contributed by atoms with Gasteiger partial charge in [0.25, 0.3) is 5.91 Å². The maximum atomic E-state index is 13.0. The zero-order valence-corrected chi connectivity index (χ0v) is 16.2. The number of nitrogens with zero attached hydrogens (tertiary/aromatic N) is 4. The predicted molar refractivity (Wildman–Crippen MR) is 113 cm³/mol. The number of carbonyl (C=O) groups excluding carboxylic acids is 1. The van der Waals surface area contributed by atoms with Gasteiger partial charge in [-0.15, -0.1) is 12.4 Å². The molecule has 0 saturated carbocycles. The van der Waals surface area contributed by atoms with Gasteiger partial charge >= 0.3 is 0 Å². The van der Waals surface area contributed by atoms with Crippen LogP contribution in [0, 0.1) is 11.3 Å². The molecule has 0 spiro atoms.